The van der Waals surface area contributed by atoms with Gasteiger partial charge in [-0.05, 0) is 29.8 Å². The van der Waals surface area contributed by atoms with E-state index < -0.39 is 16.0 Å². The highest BCUT2D eigenvalue weighted by Gasteiger charge is 2.26. The van der Waals surface area contributed by atoms with Crippen LogP contribution < -0.4 is 5.32 Å². The number of rotatable bonds is 11. The smallest absolute Gasteiger partial charge is 0.322 e. The highest BCUT2D eigenvalue weighted by atomic mass is 32.2. The molecule has 10 heteroatoms. The number of nitrogens with one attached hydrogen (secondary N) is 1. The second kappa shape index (κ2) is 10.7. The van der Waals surface area contributed by atoms with Gasteiger partial charge < -0.3 is 14.9 Å². The number of carboxylic acids is 1. The predicted molar refractivity (Wildman–Crippen MR) is 129 cm³/mol. The minimum absolute atomic E-state index is 0.0143. The van der Waals surface area contributed by atoms with E-state index in [-0.39, 0.29) is 24.5 Å². The Bertz CT molecular complexity index is 1210. The molecule has 0 bridgehead atoms. The fraction of sp³-hybridized carbons (Fsp3) is 0.292. The third-order valence-electron chi connectivity index (χ3n) is 4.88. The quantitative estimate of drug-likeness (QED) is 0.402. The maximum Gasteiger partial charge on any atom is 0.322 e. The highest BCUT2D eigenvalue weighted by molar-refractivity contribution is 7.89. The number of carboxylic acid groups (broad SMARTS) is 1. The molecule has 0 spiro atoms. The van der Waals surface area contributed by atoms with E-state index in [1.165, 1.54) is 22.8 Å². The van der Waals surface area contributed by atoms with Crippen molar-refractivity contribution in [2.24, 2.45) is 0 Å². The van der Waals surface area contributed by atoms with Gasteiger partial charge in [0, 0.05) is 24.5 Å². The fourth-order valence-electron chi connectivity index (χ4n) is 3.39. The molecule has 2 N–H and O–H groups in total. The molecule has 3 aromatic rings. The van der Waals surface area contributed by atoms with Gasteiger partial charge in [-0.3, -0.25) is 9.78 Å². The first kappa shape index (κ1) is 25.3. The van der Waals surface area contributed by atoms with Crippen LogP contribution in [-0.2, 0) is 34.5 Å². The van der Waals surface area contributed by atoms with Crippen LogP contribution in [0.15, 0.2) is 71.9 Å². The van der Waals surface area contributed by atoms with E-state index in [4.69, 9.17) is 5.11 Å². The molecule has 0 aliphatic rings. The molecule has 0 aliphatic heterocycles. The molecule has 0 amide bonds. The number of sulfonamides is 1. The molecule has 0 atom stereocenters. The number of aliphatic carboxylic acids is 1. The molecule has 3 rings (SSSR count). The Kier molecular flexibility index (Phi) is 7.98. The van der Waals surface area contributed by atoms with Crippen molar-refractivity contribution < 1.29 is 22.8 Å². The molecule has 2 aromatic heterocycles. The number of hydrogen-bond donors (Lipinski definition) is 2. The predicted octanol–water partition coefficient (Wildman–Crippen LogP) is 2.57. The number of carbonyl (C=O) groups is 1. The number of hydrogen-bond acceptors (Lipinski definition) is 6. The SMILES string of the molecule is C[N+](C)(C)Cc1ccc(CN(Cc2cccc(NCC(=O)O)n2)S(=O)(=O)c2cccnc2)cc1. The molecule has 0 fully saturated rings. The van der Waals surface area contributed by atoms with Gasteiger partial charge in [0.15, 0.2) is 0 Å². The number of anilines is 1. The Hall–Kier alpha value is -3.34. The summed E-state index contributed by atoms with van der Waals surface area (Å²) in [5.74, 6) is -0.648. The summed E-state index contributed by atoms with van der Waals surface area (Å²) in [5, 5.41) is 11.6. The molecule has 0 saturated carbocycles. The van der Waals surface area contributed by atoms with Crippen molar-refractivity contribution in [3.05, 3.63) is 83.8 Å². The molecule has 0 aliphatic carbocycles. The van der Waals surface area contributed by atoms with Crippen molar-refractivity contribution in [2.45, 2.75) is 24.5 Å². The van der Waals surface area contributed by atoms with Gasteiger partial charge in [-0.1, -0.05) is 30.3 Å². The lowest BCUT2D eigenvalue weighted by molar-refractivity contribution is -0.884. The van der Waals surface area contributed by atoms with Gasteiger partial charge in [0.2, 0.25) is 10.0 Å². The monoisotopic (exact) mass is 484 g/mol. The Morgan fingerprint density at radius 2 is 1.71 bits per heavy atom. The van der Waals surface area contributed by atoms with Crippen LogP contribution in [0.2, 0.25) is 0 Å². The van der Waals surface area contributed by atoms with Crippen molar-refractivity contribution in [1.29, 1.82) is 0 Å². The van der Waals surface area contributed by atoms with Gasteiger partial charge in [0.05, 0.1) is 33.4 Å². The van der Waals surface area contributed by atoms with E-state index in [1.807, 2.05) is 24.3 Å². The molecule has 1 aromatic carbocycles. The summed E-state index contributed by atoms with van der Waals surface area (Å²) in [5.41, 5.74) is 2.50. The molecule has 0 saturated heterocycles. The van der Waals surface area contributed by atoms with Crippen LogP contribution in [0.1, 0.15) is 16.8 Å². The zero-order chi connectivity index (χ0) is 24.8. The number of benzene rings is 1. The average molecular weight is 485 g/mol. The van der Waals surface area contributed by atoms with E-state index in [2.05, 4.69) is 36.4 Å². The van der Waals surface area contributed by atoms with Gasteiger partial charge in [0.25, 0.3) is 0 Å². The zero-order valence-corrected chi connectivity index (χ0v) is 20.4. The minimum atomic E-state index is -3.86. The Labute approximate surface area is 200 Å². The van der Waals surface area contributed by atoms with Gasteiger partial charge >= 0.3 is 5.97 Å². The lowest BCUT2D eigenvalue weighted by Crippen LogP contribution is -2.33. The molecule has 0 radical (unpaired) electrons. The first-order chi connectivity index (χ1) is 16.0. The van der Waals surface area contributed by atoms with Crippen LogP contribution in [0.5, 0.6) is 0 Å². The summed E-state index contributed by atoms with van der Waals surface area (Å²) in [4.78, 5) is 19.3. The van der Waals surface area contributed by atoms with Gasteiger partial charge in [0.1, 0.15) is 23.8 Å². The standard InChI is InChI=1S/C24H29N5O4S/c1-29(2,3)18-20-11-9-19(10-12-20)16-28(34(32,33)22-7-5-13-25-14-22)17-21-6-4-8-23(27-21)26-15-24(30)31/h4-14H,15-18H2,1-3H3,(H-,26,27,30,31)/p+1. The van der Waals surface area contributed by atoms with Crippen molar-refractivity contribution >= 4 is 21.8 Å². The Morgan fingerprint density at radius 3 is 2.32 bits per heavy atom. The van der Waals surface area contributed by atoms with E-state index in [9.17, 15) is 13.2 Å². The van der Waals surface area contributed by atoms with Crippen molar-refractivity contribution in [1.82, 2.24) is 14.3 Å². The molecular weight excluding hydrogens is 454 g/mol. The third kappa shape index (κ3) is 7.34. The van der Waals surface area contributed by atoms with Crippen LogP contribution >= 0.6 is 0 Å². The van der Waals surface area contributed by atoms with Crippen molar-refractivity contribution in [2.75, 3.05) is 33.0 Å². The molecule has 0 unspecified atom stereocenters. The largest absolute Gasteiger partial charge is 0.480 e. The first-order valence-electron chi connectivity index (χ1n) is 10.7. The third-order valence-corrected chi connectivity index (χ3v) is 6.65. The van der Waals surface area contributed by atoms with Crippen LogP contribution in [-0.4, -0.2) is 65.9 Å². The number of quaternary nitrogens is 1. The first-order valence-corrected chi connectivity index (χ1v) is 12.2. The average Bonchev–Trinajstić information content (AvgIpc) is 2.78. The second-order valence-electron chi connectivity index (χ2n) is 8.99. The fourth-order valence-corrected chi connectivity index (χ4v) is 4.75. The number of aromatic nitrogens is 2. The zero-order valence-electron chi connectivity index (χ0n) is 19.5. The van der Waals surface area contributed by atoms with Crippen LogP contribution in [0.4, 0.5) is 5.82 Å². The van der Waals surface area contributed by atoms with Gasteiger partial charge in [-0.15, -0.1) is 0 Å². The number of nitrogens with zero attached hydrogens (tertiary/aromatic N) is 4. The summed E-state index contributed by atoms with van der Waals surface area (Å²) in [6.45, 7) is 0.739. The molecule has 180 valence electrons. The normalized spacial score (nSPS) is 12.0. The lowest BCUT2D eigenvalue weighted by Gasteiger charge is -2.24. The van der Waals surface area contributed by atoms with E-state index in [0.29, 0.717) is 11.5 Å². The molecule has 34 heavy (non-hydrogen) atoms. The Morgan fingerprint density at radius 1 is 1.00 bits per heavy atom. The maximum atomic E-state index is 13.5. The van der Waals surface area contributed by atoms with Crippen molar-refractivity contribution in [3.8, 4) is 0 Å². The van der Waals surface area contributed by atoms with Gasteiger partial charge in [-0.2, -0.15) is 4.31 Å². The Balaban J connectivity index is 1.88. The summed E-state index contributed by atoms with van der Waals surface area (Å²) in [6.07, 6.45) is 2.85. The summed E-state index contributed by atoms with van der Waals surface area (Å²) in [7, 11) is 2.48. The minimum Gasteiger partial charge on any atom is -0.480 e. The lowest BCUT2D eigenvalue weighted by atomic mass is 10.1. The topological polar surface area (TPSA) is 112 Å². The van der Waals surface area contributed by atoms with E-state index in [1.54, 1.807) is 24.3 Å². The molecule has 2 heterocycles. The van der Waals surface area contributed by atoms with E-state index in [0.717, 1.165) is 22.2 Å². The second-order valence-corrected chi connectivity index (χ2v) is 10.9. The van der Waals surface area contributed by atoms with Gasteiger partial charge in [-0.25, -0.2) is 13.4 Å². The van der Waals surface area contributed by atoms with Crippen LogP contribution in [0.25, 0.3) is 0 Å². The van der Waals surface area contributed by atoms with E-state index >= 15 is 0 Å². The highest BCUT2D eigenvalue weighted by Crippen LogP contribution is 2.21. The molecular formula is C24H30N5O4S+. The summed E-state index contributed by atoms with van der Waals surface area (Å²) >= 11 is 0. The van der Waals surface area contributed by atoms with Crippen LogP contribution in [0, 0.1) is 0 Å². The maximum absolute atomic E-state index is 13.5. The molecule has 9 nitrogen and oxygen atoms in total. The van der Waals surface area contributed by atoms with Crippen LogP contribution in [0.3, 0.4) is 0 Å². The summed E-state index contributed by atoms with van der Waals surface area (Å²) < 4.78 is 29.1. The number of pyridine rings is 2. The van der Waals surface area contributed by atoms with Crippen molar-refractivity contribution in [3.63, 3.8) is 0 Å². The summed E-state index contributed by atoms with van der Waals surface area (Å²) in [6, 6.07) is 16.1.